The number of aliphatic hydroxyl groups excluding tert-OH is 4. The lowest BCUT2D eigenvalue weighted by atomic mass is 10.0. The van der Waals surface area contributed by atoms with E-state index in [0.29, 0.717) is 6.42 Å². The van der Waals surface area contributed by atoms with Crippen LogP contribution < -0.4 is 85.6 Å². The van der Waals surface area contributed by atoms with Crippen LogP contribution in [0.15, 0.2) is 23.0 Å². The minimum atomic E-state index is -1.99. The Morgan fingerprint density at radius 2 is 1.10 bits per heavy atom. The van der Waals surface area contributed by atoms with Gasteiger partial charge in [0.1, 0.15) is 66.2 Å². The van der Waals surface area contributed by atoms with Gasteiger partial charge in [0.15, 0.2) is 5.75 Å². The molecule has 10 unspecified atom stereocenters. The number of nitrogens with two attached hydrogens (primary N) is 1. The first-order valence-electron chi connectivity index (χ1n) is 33.8. The summed E-state index contributed by atoms with van der Waals surface area (Å²) in [5.41, 5.74) is 5.06. The smallest absolute Gasteiger partial charge is 0.303 e. The number of phenolic OH excluding ortho intramolecular Hbond substituents is 1. The molecule has 0 aromatic heterocycles. The Morgan fingerprint density at radius 1 is 0.561 bits per heavy atom. The zero-order chi connectivity index (χ0) is 79.4. The number of fused-ring (bicyclic) bond motifs is 3. The Morgan fingerprint density at radius 3 is 1.71 bits per heavy atom. The van der Waals surface area contributed by atoms with Crippen LogP contribution in [0.4, 0.5) is 11.5 Å². The first-order chi connectivity index (χ1) is 50.9. The average Bonchev–Trinajstić information content (AvgIpc) is 0.748. The molecule has 107 heavy (non-hydrogen) atoms. The molecule has 1 saturated heterocycles. The molecule has 592 valence electrons. The number of rotatable bonds is 41. The number of nitrogens with one attached hydrogen (secondary N) is 14. The largest absolute Gasteiger partial charge is 0.504 e. The summed E-state index contributed by atoms with van der Waals surface area (Å²) in [5.74, 6) is -17.2. The van der Waals surface area contributed by atoms with Crippen LogP contribution in [0.3, 0.4) is 0 Å². The van der Waals surface area contributed by atoms with E-state index in [-0.39, 0.29) is 130 Å². The molecule has 25 N–H and O–H groups in total. The number of phenols is 1. The molecule has 1 aliphatic carbocycles. The molecule has 0 radical (unpaired) electrons. The van der Waals surface area contributed by atoms with Gasteiger partial charge in [0.2, 0.25) is 95.0 Å². The molecule has 15 amide bonds. The van der Waals surface area contributed by atoms with E-state index in [0.717, 1.165) is 12.1 Å². The van der Waals surface area contributed by atoms with E-state index in [1.807, 2.05) is 0 Å². The van der Waals surface area contributed by atoms with E-state index in [2.05, 4.69) is 74.4 Å². The van der Waals surface area contributed by atoms with Crippen LogP contribution in [0.1, 0.15) is 102 Å². The second-order valence-corrected chi connectivity index (χ2v) is 24.5. The molecule has 0 spiro atoms. The summed E-state index contributed by atoms with van der Waals surface area (Å²) in [7, 11) is 0. The Balaban J connectivity index is 1.44. The number of hydroxylamine groups is 4. The van der Waals surface area contributed by atoms with Crippen LogP contribution in [-0.2, 0) is 81.5 Å². The lowest BCUT2D eigenvalue weighted by molar-refractivity contribution is -0.150. The predicted octanol–water partition coefficient (Wildman–Crippen LogP) is -10.1. The number of aliphatic hydroxyl groups is 4. The minimum absolute atomic E-state index is 0.0169. The first-order valence-corrected chi connectivity index (χ1v) is 33.8. The standard InChI is InChI=1S/C62H92N18O27/c63-16-3-1-7-33(71-60(103)42(29-84)77-62(105)43-15-18-64-52-38(70-47(89)12-14-51(94)95)21-32-22-45(87)46(88)23-44(32)80(43)52)53(96)66-24-48(90)69-35(9-5-19-78(106)30-85)57(100)76-41(28-83)61(104)75-40(27-82)55(98)67-25-49(91)68-34-8-2-4-17-65-54(97)39(26-81)74-59(102)37(11-13-50(92)93)73-58(101)36(72-56(34)99)10-6-20-79(107)31-86/h21-23,30-31,33-37,39-43,64,81-84,87,106-107H,1-20,24-29,63H2,(H,65,97)(H,66,96)(H,67,98)(H,68,91)(H,69,90)(H,70,89)(H,71,103)(H,72,99)(H,73,101)(H,74,102)(H,75,104)(H,76,100)(H,77,105)(H,92,93)(H,94,95). The van der Waals surface area contributed by atoms with E-state index in [9.17, 15) is 127 Å². The van der Waals surface area contributed by atoms with Gasteiger partial charge in [-0.25, -0.2) is 10.1 Å². The van der Waals surface area contributed by atoms with E-state index in [4.69, 9.17) is 10.8 Å². The fourth-order valence-corrected chi connectivity index (χ4v) is 10.8. The molecule has 4 aliphatic rings. The van der Waals surface area contributed by atoms with Crippen LogP contribution in [0.25, 0.3) is 11.3 Å². The number of aliphatic carboxylic acids is 2. The molecule has 0 bridgehead atoms. The summed E-state index contributed by atoms with van der Waals surface area (Å²) >= 11 is 0. The lowest BCUT2D eigenvalue weighted by Crippen LogP contribution is -2.60. The number of carboxylic acid groups (broad SMARTS) is 2. The molecular weight excluding hydrogens is 1430 g/mol. The van der Waals surface area contributed by atoms with E-state index in [1.54, 1.807) is 0 Å². The monoisotopic (exact) mass is 1520 g/mol. The number of carbonyl (C=O) groups excluding carboxylic acids is 15. The van der Waals surface area contributed by atoms with E-state index in [1.165, 1.54) is 10.6 Å². The number of aromatic nitrogens is 1. The molecule has 3 heterocycles. The van der Waals surface area contributed by atoms with Crippen molar-refractivity contribution in [2.45, 2.75) is 157 Å². The summed E-state index contributed by atoms with van der Waals surface area (Å²) < 4.78 is 1.30. The number of hydrogen-bond donors (Lipinski definition) is 24. The Bertz CT molecular complexity index is 3530. The molecule has 45 heteroatoms. The van der Waals surface area contributed by atoms with Crippen molar-refractivity contribution in [1.29, 1.82) is 0 Å². The molecule has 0 aromatic carbocycles. The van der Waals surface area contributed by atoms with Crippen molar-refractivity contribution in [2.24, 2.45) is 5.73 Å². The van der Waals surface area contributed by atoms with Crippen molar-refractivity contribution in [3.8, 4) is 17.0 Å². The number of pyridine rings is 1. The highest BCUT2D eigenvalue weighted by Gasteiger charge is 2.37. The number of unbranched alkanes of at least 4 members (excludes halogenated alkanes) is 1. The molecule has 45 nitrogen and oxygen atoms in total. The van der Waals surface area contributed by atoms with Crippen LogP contribution >= 0.6 is 0 Å². The maximum Gasteiger partial charge on any atom is 0.303 e. The normalized spacial score (nSPS) is 18.3. The van der Waals surface area contributed by atoms with Crippen LogP contribution in [0, 0.1) is 0 Å². The fourth-order valence-electron chi connectivity index (χ4n) is 10.8. The van der Waals surface area contributed by atoms with Gasteiger partial charge in [0, 0.05) is 50.7 Å². The third kappa shape index (κ3) is 29.0. The highest BCUT2D eigenvalue weighted by atomic mass is 16.5. The van der Waals surface area contributed by atoms with Gasteiger partial charge in [-0.05, 0) is 95.7 Å². The van der Waals surface area contributed by atoms with Crippen molar-refractivity contribution in [3.63, 3.8) is 0 Å². The van der Waals surface area contributed by atoms with Crippen molar-refractivity contribution < 1.29 is 128 Å². The third-order valence-electron chi connectivity index (χ3n) is 16.5. The number of nitrogens with zero attached hydrogens (tertiary/aromatic N) is 3. The zero-order valence-electron chi connectivity index (χ0n) is 57.8. The van der Waals surface area contributed by atoms with Gasteiger partial charge >= 0.3 is 11.9 Å². The highest BCUT2D eigenvalue weighted by molar-refractivity contribution is 6.00. The number of anilines is 2. The fraction of sp³-hybridized carbons (Fsp3) is 0.581. The van der Waals surface area contributed by atoms with Gasteiger partial charge in [0.25, 0.3) is 0 Å². The average molecular weight is 1520 g/mol. The van der Waals surface area contributed by atoms with Crippen molar-refractivity contribution in [1.82, 2.24) is 78.5 Å². The molecule has 10 atom stereocenters. The maximum absolute atomic E-state index is 14.2. The summed E-state index contributed by atoms with van der Waals surface area (Å²) in [6, 6.07) is -13.1. The van der Waals surface area contributed by atoms with Crippen LogP contribution in [0.5, 0.6) is 5.75 Å². The Labute approximate surface area is 608 Å². The van der Waals surface area contributed by atoms with Gasteiger partial charge in [-0.15, -0.1) is 0 Å². The maximum atomic E-state index is 14.2. The number of carboxylic acids is 2. The van der Waals surface area contributed by atoms with Gasteiger partial charge in [-0.3, -0.25) is 96.7 Å². The van der Waals surface area contributed by atoms with Crippen LogP contribution in [0.2, 0.25) is 0 Å². The minimum Gasteiger partial charge on any atom is -0.504 e. The first kappa shape index (κ1) is 88.1. The molecule has 4 rings (SSSR count). The van der Waals surface area contributed by atoms with E-state index >= 15 is 0 Å². The molecule has 1 fully saturated rings. The summed E-state index contributed by atoms with van der Waals surface area (Å²) in [6.07, 6.45) is -3.08. The topological polar surface area (TPSA) is 695 Å². The van der Waals surface area contributed by atoms with Crippen molar-refractivity contribution >= 4 is 113 Å². The number of benzene rings is 1. The number of amides is 15. The second-order valence-electron chi connectivity index (χ2n) is 24.5. The molecular formula is C62H92N18O27. The van der Waals surface area contributed by atoms with Gasteiger partial charge in [-0.1, -0.05) is 0 Å². The zero-order valence-corrected chi connectivity index (χ0v) is 57.8. The van der Waals surface area contributed by atoms with Gasteiger partial charge < -0.3 is 120 Å². The van der Waals surface area contributed by atoms with Gasteiger partial charge in [0.05, 0.1) is 57.3 Å². The van der Waals surface area contributed by atoms with Crippen LogP contribution in [-0.4, -0.2) is 289 Å². The SMILES string of the molecule is NCCCCC(NC(=O)C(CO)NC(=O)C1CCNc2c(NC(=O)CCC(=O)O)cc3cc(O)c(=O)cc-3n21)C(=O)NCC(=O)NC(CCCN(O)C=O)C(=O)NC(CO)C(=O)NC(CO)C(=O)NCC(=O)NC1CCCCNC(=O)C(CO)NC(=O)C(CCC(=O)O)NC(=O)C(CCCN(O)C=O)NC1=O. The summed E-state index contributed by atoms with van der Waals surface area (Å²) in [5, 5.41) is 123. The highest BCUT2D eigenvalue weighted by Crippen LogP contribution is 2.40. The Kier molecular flexibility index (Phi) is 37.2. The summed E-state index contributed by atoms with van der Waals surface area (Å²) in [4.78, 5) is 234. The van der Waals surface area contributed by atoms with Gasteiger partial charge in [-0.2, -0.15) is 0 Å². The molecule has 3 aliphatic heterocycles. The quantitative estimate of drug-likeness (QED) is 0.0127. The molecule has 0 aromatic rings. The molecule has 0 saturated carbocycles. The van der Waals surface area contributed by atoms with Crippen molar-refractivity contribution in [2.75, 3.05) is 82.9 Å². The lowest BCUT2D eigenvalue weighted by Gasteiger charge is -2.34. The third-order valence-corrected chi connectivity index (χ3v) is 16.5. The number of hydrogen-bond acceptors (Lipinski definition) is 27. The number of aromatic hydroxyl groups is 1. The summed E-state index contributed by atoms with van der Waals surface area (Å²) in [6.45, 7) is -7.05. The second kappa shape index (κ2) is 45.2. The van der Waals surface area contributed by atoms with E-state index < -0.39 is 238 Å². The Hall–Kier alpha value is -11.3. The van der Waals surface area contributed by atoms with Crippen molar-refractivity contribution in [3.05, 3.63) is 28.4 Å². The predicted molar refractivity (Wildman–Crippen MR) is 363 cm³/mol. The number of carbonyl (C=O) groups is 17.